The molecule has 1 atom stereocenters. The minimum atomic E-state index is 0.172. The monoisotopic (exact) mass is 258 g/mol. The first-order valence-corrected chi connectivity index (χ1v) is 7.53. The van der Waals surface area contributed by atoms with Crippen molar-refractivity contribution < 1.29 is 4.79 Å². The Balaban J connectivity index is 2.19. The van der Waals surface area contributed by atoms with E-state index >= 15 is 0 Å². The highest BCUT2D eigenvalue weighted by Crippen LogP contribution is 2.44. The largest absolute Gasteiger partial charge is 0.294 e. The lowest BCUT2D eigenvalue weighted by atomic mass is 9.77. The van der Waals surface area contributed by atoms with Gasteiger partial charge in [0.2, 0.25) is 0 Å². The molecule has 2 rings (SSSR count). The first-order valence-electron chi connectivity index (χ1n) is 7.53. The number of hydrogen-bond acceptors (Lipinski definition) is 1. The Morgan fingerprint density at radius 3 is 2.68 bits per heavy atom. The Kier molecular flexibility index (Phi) is 4.13. The fraction of sp³-hybridized carbons (Fsp3) is 0.611. The van der Waals surface area contributed by atoms with Gasteiger partial charge in [0.05, 0.1) is 0 Å². The van der Waals surface area contributed by atoms with Gasteiger partial charge in [0.1, 0.15) is 0 Å². The van der Waals surface area contributed by atoms with Gasteiger partial charge in [0, 0.05) is 11.5 Å². The second-order valence-electron chi connectivity index (χ2n) is 7.10. The molecule has 1 aromatic carbocycles. The Labute approximate surface area is 117 Å². The van der Waals surface area contributed by atoms with Crippen molar-refractivity contribution >= 4 is 5.78 Å². The van der Waals surface area contributed by atoms with Gasteiger partial charge < -0.3 is 0 Å². The van der Waals surface area contributed by atoms with E-state index in [4.69, 9.17) is 0 Å². The summed E-state index contributed by atoms with van der Waals surface area (Å²) in [6, 6.07) is 8.26. The zero-order valence-electron chi connectivity index (χ0n) is 12.7. The topological polar surface area (TPSA) is 17.1 Å². The van der Waals surface area contributed by atoms with Crippen molar-refractivity contribution in [2.24, 2.45) is 17.3 Å². The minimum Gasteiger partial charge on any atom is -0.294 e. The lowest BCUT2D eigenvalue weighted by Gasteiger charge is -2.25. The summed E-state index contributed by atoms with van der Waals surface area (Å²) in [5.74, 6) is 1.20. The molecule has 0 N–H and O–H groups in total. The third-order valence-corrected chi connectivity index (χ3v) is 4.43. The Bertz CT molecular complexity index is 457. The number of rotatable bonds is 4. The van der Waals surface area contributed by atoms with Crippen LogP contribution in [0.2, 0.25) is 0 Å². The van der Waals surface area contributed by atoms with E-state index in [2.05, 4.69) is 39.8 Å². The third-order valence-electron chi connectivity index (χ3n) is 4.43. The maximum atomic E-state index is 12.7. The van der Waals surface area contributed by atoms with Gasteiger partial charge >= 0.3 is 0 Å². The molecule has 1 aromatic rings. The van der Waals surface area contributed by atoms with E-state index in [1.54, 1.807) is 0 Å². The van der Waals surface area contributed by atoms with Gasteiger partial charge in [0.15, 0.2) is 5.78 Å². The van der Waals surface area contributed by atoms with Crippen LogP contribution >= 0.6 is 0 Å². The second kappa shape index (κ2) is 5.48. The van der Waals surface area contributed by atoms with Crippen molar-refractivity contribution in [2.45, 2.75) is 53.4 Å². The van der Waals surface area contributed by atoms with Gasteiger partial charge in [-0.1, -0.05) is 52.3 Å². The quantitative estimate of drug-likeness (QED) is 0.702. The maximum absolute atomic E-state index is 12.7. The molecule has 0 saturated heterocycles. The third kappa shape index (κ3) is 3.26. The molecule has 0 heterocycles. The Hall–Kier alpha value is -1.11. The average molecular weight is 258 g/mol. The summed E-state index contributed by atoms with van der Waals surface area (Å²) in [6.07, 6.45) is 4.47. The van der Waals surface area contributed by atoms with E-state index in [1.165, 1.54) is 18.4 Å². The summed E-state index contributed by atoms with van der Waals surface area (Å²) in [4.78, 5) is 12.7. The van der Waals surface area contributed by atoms with Crippen molar-refractivity contribution in [3.63, 3.8) is 0 Å². The van der Waals surface area contributed by atoms with Crippen LogP contribution in [0.1, 0.15) is 62.9 Å². The molecular weight excluding hydrogens is 232 g/mol. The van der Waals surface area contributed by atoms with Crippen LogP contribution in [0.25, 0.3) is 0 Å². The van der Waals surface area contributed by atoms with Crippen LogP contribution in [0, 0.1) is 17.3 Å². The molecule has 0 amide bonds. The normalized spacial score (nSPS) is 21.8. The van der Waals surface area contributed by atoms with E-state index in [1.807, 2.05) is 12.1 Å². The van der Waals surface area contributed by atoms with Crippen LogP contribution in [0.4, 0.5) is 0 Å². The van der Waals surface area contributed by atoms with Crippen LogP contribution < -0.4 is 0 Å². The number of Topliss-reactive ketones (excluding diaryl/α,β-unsaturated/α-hetero) is 1. The van der Waals surface area contributed by atoms with Crippen molar-refractivity contribution in [3.8, 4) is 0 Å². The van der Waals surface area contributed by atoms with Crippen LogP contribution in [0.5, 0.6) is 0 Å². The zero-order valence-corrected chi connectivity index (χ0v) is 12.7. The molecule has 1 aliphatic carbocycles. The van der Waals surface area contributed by atoms with Crippen LogP contribution in [0.3, 0.4) is 0 Å². The van der Waals surface area contributed by atoms with Crippen LogP contribution in [-0.2, 0) is 6.42 Å². The molecule has 0 radical (unpaired) electrons. The van der Waals surface area contributed by atoms with E-state index in [-0.39, 0.29) is 11.3 Å². The number of hydrogen-bond donors (Lipinski definition) is 0. The molecule has 1 fully saturated rings. The molecule has 1 aliphatic rings. The molecule has 1 nitrogen and oxygen atoms in total. The molecular formula is C18H26O. The smallest absolute Gasteiger partial charge is 0.166 e. The number of carbonyl (C=O) groups is 1. The first-order chi connectivity index (χ1) is 8.90. The molecule has 0 spiro atoms. The van der Waals surface area contributed by atoms with Gasteiger partial charge in [-0.15, -0.1) is 0 Å². The number of carbonyl (C=O) groups excluding carboxylic acids is 1. The van der Waals surface area contributed by atoms with Crippen molar-refractivity contribution in [2.75, 3.05) is 0 Å². The average Bonchev–Trinajstić information content (AvgIpc) is 2.67. The zero-order chi connectivity index (χ0) is 14.0. The fourth-order valence-corrected chi connectivity index (χ4v) is 3.34. The fourth-order valence-electron chi connectivity index (χ4n) is 3.34. The van der Waals surface area contributed by atoms with Gasteiger partial charge in [-0.2, -0.15) is 0 Å². The summed E-state index contributed by atoms with van der Waals surface area (Å²) >= 11 is 0. The number of benzene rings is 1. The minimum absolute atomic E-state index is 0.172. The van der Waals surface area contributed by atoms with Crippen molar-refractivity contribution in [1.29, 1.82) is 0 Å². The summed E-state index contributed by atoms with van der Waals surface area (Å²) < 4.78 is 0. The predicted molar refractivity (Wildman–Crippen MR) is 80.4 cm³/mol. The van der Waals surface area contributed by atoms with Gasteiger partial charge in [-0.05, 0) is 42.2 Å². The SMILES string of the molecule is CC(C)Cc1cccc(C(=O)C2CCCC2(C)C)c1. The number of ketones is 1. The Morgan fingerprint density at radius 1 is 1.37 bits per heavy atom. The lowest BCUT2D eigenvalue weighted by molar-refractivity contribution is 0.0839. The molecule has 19 heavy (non-hydrogen) atoms. The first kappa shape index (κ1) is 14.3. The van der Waals surface area contributed by atoms with Crippen LogP contribution in [-0.4, -0.2) is 5.78 Å². The highest BCUT2D eigenvalue weighted by Gasteiger charge is 2.39. The highest BCUT2D eigenvalue weighted by molar-refractivity contribution is 5.98. The molecule has 0 aliphatic heterocycles. The molecule has 1 saturated carbocycles. The standard InChI is InChI=1S/C18H26O/c1-13(2)11-14-7-5-8-15(12-14)17(19)16-9-6-10-18(16,3)4/h5,7-8,12-13,16H,6,9-11H2,1-4H3. The molecule has 0 bridgehead atoms. The van der Waals surface area contributed by atoms with E-state index in [9.17, 15) is 4.79 Å². The summed E-state index contributed by atoms with van der Waals surface area (Å²) in [5.41, 5.74) is 2.38. The predicted octanol–water partition coefficient (Wildman–Crippen LogP) is 4.89. The Morgan fingerprint density at radius 2 is 2.11 bits per heavy atom. The van der Waals surface area contributed by atoms with E-state index in [0.29, 0.717) is 11.7 Å². The molecule has 104 valence electrons. The van der Waals surface area contributed by atoms with Gasteiger partial charge in [-0.25, -0.2) is 0 Å². The van der Waals surface area contributed by atoms with E-state index in [0.717, 1.165) is 18.4 Å². The highest BCUT2D eigenvalue weighted by atomic mass is 16.1. The van der Waals surface area contributed by atoms with Gasteiger partial charge in [0.25, 0.3) is 0 Å². The van der Waals surface area contributed by atoms with Crippen molar-refractivity contribution in [3.05, 3.63) is 35.4 Å². The lowest BCUT2D eigenvalue weighted by Crippen LogP contribution is -2.25. The van der Waals surface area contributed by atoms with Crippen molar-refractivity contribution in [1.82, 2.24) is 0 Å². The second-order valence-corrected chi connectivity index (χ2v) is 7.10. The van der Waals surface area contributed by atoms with E-state index < -0.39 is 0 Å². The molecule has 0 aromatic heterocycles. The summed E-state index contributed by atoms with van der Waals surface area (Å²) in [6.45, 7) is 8.91. The summed E-state index contributed by atoms with van der Waals surface area (Å²) in [5, 5.41) is 0. The van der Waals surface area contributed by atoms with Gasteiger partial charge in [-0.3, -0.25) is 4.79 Å². The summed E-state index contributed by atoms with van der Waals surface area (Å²) in [7, 11) is 0. The molecule has 1 unspecified atom stereocenters. The van der Waals surface area contributed by atoms with Crippen LogP contribution in [0.15, 0.2) is 24.3 Å². The maximum Gasteiger partial charge on any atom is 0.166 e. The molecule has 1 heteroatoms.